The van der Waals surface area contributed by atoms with Crippen LogP contribution in [0.2, 0.25) is 0 Å². The maximum atomic E-state index is 6.24. The summed E-state index contributed by atoms with van der Waals surface area (Å²) in [6, 6.07) is 15.4. The summed E-state index contributed by atoms with van der Waals surface area (Å²) in [4.78, 5) is 0. The Hall–Kier alpha value is -3.14. The average Bonchev–Trinajstić information content (AvgIpc) is 2.48. The standard InChI is InChI=1S/C18H16N4/c19-9-1-3-11-13(5-9)15-8-18(22)12-4-2-10(20)6-14(12)16(15)7-17(11)21/h1-8H,19-22H2. The molecule has 0 saturated carbocycles. The topological polar surface area (TPSA) is 104 Å². The first-order valence-corrected chi connectivity index (χ1v) is 7.04. The minimum atomic E-state index is 0.700. The van der Waals surface area contributed by atoms with Crippen molar-refractivity contribution in [2.45, 2.75) is 0 Å². The Morgan fingerprint density at radius 2 is 0.773 bits per heavy atom. The van der Waals surface area contributed by atoms with Gasteiger partial charge in [0.15, 0.2) is 0 Å². The number of fused-ring (bicyclic) bond motifs is 5. The summed E-state index contributed by atoms with van der Waals surface area (Å²) in [7, 11) is 0. The molecule has 0 heterocycles. The molecule has 0 aliphatic heterocycles. The van der Waals surface area contributed by atoms with Gasteiger partial charge >= 0.3 is 0 Å². The van der Waals surface area contributed by atoms with E-state index in [1.807, 2.05) is 48.5 Å². The minimum Gasteiger partial charge on any atom is -0.399 e. The van der Waals surface area contributed by atoms with E-state index in [0.29, 0.717) is 11.4 Å². The first-order valence-electron chi connectivity index (χ1n) is 7.04. The second-order valence-corrected chi connectivity index (χ2v) is 5.64. The van der Waals surface area contributed by atoms with Crippen LogP contribution in [0, 0.1) is 0 Å². The van der Waals surface area contributed by atoms with Crippen molar-refractivity contribution < 1.29 is 0 Å². The van der Waals surface area contributed by atoms with Crippen molar-refractivity contribution in [3.8, 4) is 0 Å². The van der Waals surface area contributed by atoms with E-state index in [9.17, 15) is 0 Å². The fraction of sp³-hybridized carbons (Fsp3) is 0. The van der Waals surface area contributed by atoms with Crippen molar-refractivity contribution in [2.75, 3.05) is 22.9 Å². The zero-order valence-corrected chi connectivity index (χ0v) is 11.9. The van der Waals surface area contributed by atoms with E-state index >= 15 is 0 Å². The fourth-order valence-electron chi connectivity index (χ4n) is 3.14. The molecule has 0 aliphatic carbocycles. The third-order valence-corrected chi connectivity index (χ3v) is 4.18. The molecule has 0 radical (unpaired) electrons. The number of hydrogen-bond acceptors (Lipinski definition) is 4. The minimum absolute atomic E-state index is 0.700. The van der Waals surface area contributed by atoms with Gasteiger partial charge in [0.05, 0.1) is 0 Å². The van der Waals surface area contributed by atoms with E-state index in [4.69, 9.17) is 22.9 Å². The van der Waals surface area contributed by atoms with Crippen molar-refractivity contribution in [2.24, 2.45) is 0 Å². The average molecular weight is 288 g/mol. The van der Waals surface area contributed by atoms with Crippen LogP contribution in [-0.2, 0) is 0 Å². The van der Waals surface area contributed by atoms with E-state index < -0.39 is 0 Å². The molecule has 0 spiro atoms. The molecule has 0 bridgehead atoms. The molecule has 108 valence electrons. The summed E-state index contributed by atoms with van der Waals surface area (Å²) in [6.45, 7) is 0. The van der Waals surface area contributed by atoms with Crippen LogP contribution in [0.3, 0.4) is 0 Å². The molecule has 0 aliphatic rings. The van der Waals surface area contributed by atoms with E-state index in [-0.39, 0.29) is 0 Å². The molecule has 0 fully saturated rings. The summed E-state index contributed by atoms with van der Waals surface area (Å²) in [6.07, 6.45) is 0. The summed E-state index contributed by atoms with van der Waals surface area (Å²) >= 11 is 0. The first kappa shape index (κ1) is 12.6. The quantitative estimate of drug-likeness (QED) is 0.294. The number of nitrogen functional groups attached to an aromatic ring is 4. The number of nitrogens with two attached hydrogens (primary N) is 4. The van der Waals surface area contributed by atoms with Gasteiger partial charge in [0.25, 0.3) is 0 Å². The molecule has 0 amide bonds. The van der Waals surface area contributed by atoms with Crippen molar-refractivity contribution in [1.29, 1.82) is 0 Å². The number of rotatable bonds is 0. The Balaban J connectivity index is 2.34. The predicted octanol–water partition coefficient (Wildman–Crippen LogP) is 3.48. The van der Waals surface area contributed by atoms with Gasteiger partial charge in [-0.25, -0.2) is 0 Å². The lowest BCUT2D eigenvalue weighted by molar-refractivity contribution is 1.72. The highest BCUT2D eigenvalue weighted by molar-refractivity contribution is 6.23. The maximum Gasteiger partial charge on any atom is 0.0400 e. The third-order valence-electron chi connectivity index (χ3n) is 4.18. The summed E-state index contributed by atoms with van der Waals surface area (Å²) < 4.78 is 0. The highest BCUT2D eigenvalue weighted by atomic mass is 14.6. The summed E-state index contributed by atoms with van der Waals surface area (Å²) in [5, 5.41) is 6.03. The molecule has 8 N–H and O–H groups in total. The van der Waals surface area contributed by atoms with Gasteiger partial charge in [-0.3, -0.25) is 0 Å². The van der Waals surface area contributed by atoms with Crippen LogP contribution >= 0.6 is 0 Å². The molecule has 0 atom stereocenters. The molecule has 4 nitrogen and oxygen atoms in total. The molecule has 0 saturated heterocycles. The molecule has 0 aromatic heterocycles. The number of benzene rings is 4. The second-order valence-electron chi connectivity index (χ2n) is 5.64. The van der Waals surface area contributed by atoms with Crippen LogP contribution in [0.25, 0.3) is 32.3 Å². The largest absolute Gasteiger partial charge is 0.399 e. The highest BCUT2D eigenvalue weighted by Gasteiger charge is 2.10. The third kappa shape index (κ3) is 1.64. The Morgan fingerprint density at radius 1 is 0.409 bits per heavy atom. The van der Waals surface area contributed by atoms with Gasteiger partial charge in [0, 0.05) is 33.5 Å². The zero-order valence-electron chi connectivity index (χ0n) is 11.9. The fourth-order valence-corrected chi connectivity index (χ4v) is 3.14. The van der Waals surface area contributed by atoms with Gasteiger partial charge in [0.2, 0.25) is 0 Å². The van der Waals surface area contributed by atoms with Crippen LogP contribution in [0.15, 0.2) is 48.5 Å². The molecule has 4 rings (SSSR count). The van der Waals surface area contributed by atoms with Crippen LogP contribution in [0.4, 0.5) is 22.7 Å². The lowest BCUT2D eigenvalue weighted by Gasteiger charge is -2.13. The summed E-state index contributed by atoms with van der Waals surface area (Å²) in [5.74, 6) is 0. The van der Waals surface area contributed by atoms with Crippen molar-refractivity contribution >= 4 is 55.1 Å². The normalized spacial score (nSPS) is 11.5. The lowest BCUT2D eigenvalue weighted by atomic mass is 9.94. The highest BCUT2D eigenvalue weighted by Crippen LogP contribution is 2.38. The monoisotopic (exact) mass is 288 g/mol. The zero-order chi connectivity index (χ0) is 15.4. The molecule has 4 heteroatoms. The van der Waals surface area contributed by atoms with Gasteiger partial charge in [-0.05, 0) is 57.9 Å². The van der Waals surface area contributed by atoms with Gasteiger partial charge in [-0.15, -0.1) is 0 Å². The van der Waals surface area contributed by atoms with Gasteiger partial charge in [-0.1, -0.05) is 12.1 Å². The summed E-state index contributed by atoms with van der Waals surface area (Å²) in [5.41, 5.74) is 27.2. The molecular weight excluding hydrogens is 272 g/mol. The van der Waals surface area contributed by atoms with E-state index in [1.54, 1.807) is 0 Å². The van der Waals surface area contributed by atoms with Crippen LogP contribution in [0.1, 0.15) is 0 Å². The predicted molar refractivity (Wildman–Crippen MR) is 96.6 cm³/mol. The maximum absolute atomic E-state index is 6.24. The molecule has 0 unspecified atom stereocenters. The SMILES string of the molecule is Nc1ccc2c(N)cc3c4cc(N)ccc4c(N)cc3c2c1. The molecule has 4 aromatic carbocycles. The van der Waals surface area contributed by atoms with Crippen LogP contribution in [-0.4, -0.2) is 0 Å². The Labute approximate surface area is 127 Å². The van der Waals surface area contributed by atoms with Crippen LogP contribution in [0.5, 0.6) is 0 Å². The van der Waals surface area contributed by atoms with Gasteiger partial charge in [0.1, 0.15) is 0 Å². The van der Waals surface area contributed by atoms with Gasteiger partial charge in [-0.2, -0.15) is 0 Å². The lowest BCUT2D eigenvalue weighted by Crippen LogP contribution is -1.94. The Morgan fingerprint density at radius 3 is 1.18 bits per heavy atom. The van der Waals surface area contributed by atoms with Crippen molar-refractivity contribution in [3.63, 3.8) is 0 Å². The Kier molecular flexibility index (Phi) is 2.39. The second kappa shape index (κ2) is 4.18. The number of hydrogen-bond donors (Lipinski definition) is 4. The van der Waals surface area contributed by atoms with E-state index in [0.717, 1.165) is 43.7 Å². The van der Waals surface area contributed by atoms with Crippen LogP contribution < -0.4 is 22.9 Å². The molecule has 22 heavy (non-hydrogen) atoms. The van der Waals surface area contributed by atoms with Crippen molar-refractivity contribution in [1.82, 2.24) is 0 Å². The van der Waals surface area contributed by atoms with Gasteiger partial charge < -0.3 is 22.9 Å². The van der Waals surface area contributed by atoms with E-state index in [1.165, 1.54) is 0 Å². The van der Waals surface area contributed by atoms with Crippen molar-refractivity contribution in [3.05, 3.63) is 48.5 Å². The molecule has 4 aromatic rings. The van der Waals surface area contributed by atoms with E-state index in [2.05, 4.69) is 0 Å². The Bertz CT molecular complexity index is 980. The number of anilines is 4. The smallest absolute Gasteiger partial charge is 0.0400 e. The first-order chi connectivity index (χ1) is 10.5. The molecular formula is C18H16N4.